The summed E-state index contributed by atoms with van der Waals surface area (Å²) in [6.07, 6.45) is 3.71. The minimum Gasteiger partial charge on any atom is -0.481 e. The van der Waals surface area contributed by atoms with Gasteiger partial charge in [-0.05, 0) is 38.0 Å². The lowest BCUT2D eigenvalue weighted by atomic mass is 9.95. The number of aliphatic carboxylic acids is 1. The molecule has 1 aliphatic carbocycles. The Hall–Kier alpha value is -1.10. The Balaban J connectivity index is 2.33. The maximum absolute atomic E-state index is 11.9. The van der Waals surface area contributed by atoms with Crippen molar-refractivity contribution in [1.29, 1.82) is 0 Å². The van der Waals surface area contributed by atoms with Gasteiger partial charge in [0.25, 0.3) is 0 Å². The molecule has 0 bridgehead atoms. The third-order valence-electron chi connectivity index (χ3n) is 3.59. The van der Waals surface area contributed by atoms with Crippen LogP contribution in [0.2, 0.25) is 0 Å². The second-order valence-electron chi connectivity index (χ2n) is 5.20. The van der Waals surface area contributed by atoms with Crippen LogP contribution in [0.15, 0.2) is 0 Å². The van der Waals surface area contributed by atoms with Crippen molar-refractivity contribution < 1.29 is 19.8 Å². The molecule has 0 spiro atoms. The number of carbonyl (C=O) groups excluding carboxylic acids is 1. The van der Waals surface area contributed by atoms with Crippen molar-refractivity contribution >= 4 is 11.9 Å². The van der Waals surface area contributed by atoms with Crippen LogP contribution in [0, 0.1) is 17.8 Å². The fraction of sp³-hybridized carbons (Fsp3) is 0.846. The van der Waals surface area contributed by atoms with E-state index in [2.05, 4.69) is 5.32 Å². The largest absolute Gasteiger partial charge is 0.481 e. The van der Waals surface area contributed by atoms with Crippen molar-refractivity contribution in [3.05, 3.63) is 0 Å². The monoisotopic (exact) mass is 257 g/mol. The Morgan fingerprint density at radius 2 is 1.83 bits per heavy atom. The molecule has 1 unspecified atom stereocenters. The zero-order chi connectivity index (χ0) is 13.5. The summed E-state index contributed by atoms with van der Waals surface area (Å²) < 4.78 is 0. The van der Waals surface area contributed by atoms with Crippen LogP contribution in [-0.2, 0) is 9.59 Å². The highest BCUT2D eigenvalue weighted by molar-refractivity contribution is 5.85. The lowest BCUT2D eigenvalue weighted by Gasteiger charge is -2.15. The van der Waals surface area contributed by atoms with Gasteiger partial charge >= 0.3 is 5.97 Å². The molecule has 3 N–H and O–H groups in total. The van der Waals surface area contributed by atoms with Crippen molar-refractivity contribution in [2.24, 2.45) is 17.8 Å². The van der Waals surface area contributed by atoms with E-state index in [1.807, 2.05) is 6.92 Å². The zero-order valence-corrected chi connectivity index (χ0v) is 10.9. The first kappa shape index (κ1) is 15.0. The topological polar surface area (TPSA) is 86.6 Å². The molecule has 5 nitrogen and oxygen atoms in total. The molecule has 0 aromatic rings. The number of amides is 1. The Kier molecular flexibility index (Phi) is 6.12. The number of nitrogens with one attached hydrogen (secondary N) is 1. The van der Waals surface area contributed by atoms with E-state index >= 15 is 0 Å². The van der Waals surface area contributed by atoms with E-state index in [4.69, 9.17) is 10.2 Å². The number of aliphatic hydroxyl groups is 1. The van der Waals surface area contributed by atoms with Crippen LogP contribution in [0.1, 0.15) is 39.0 Å². The number of carbonyl (C=O) groups is 2. The first-order chi connectivity index (χ1) is 8.56. The number of carboxylic acid groups (broad SMARTS) is 1. The second-order valence-corrected chi connectivity index (χ2v) is 5.20. The van der Waals surface area contributed by atoms with Gasteiger partial charge < -0.3 is 15.5 Å². The van der Waals surface area contributed by atoms with Crippen molar-refractivity contribution in [3.8, 4) is 0 Å². The minimum absolute atomic E-state index is 0.129. The molecule has 0 aliphatic heterocycles. The summed E-state index contributed by atoms with van der Waals surface area (Å²) in [5, 5.41) is 20.5. The molecule has 1 aliphatic rings. The van der Waals surface area contributed by atoms with Gasteiger partial charge in [0.05, 0.1) is 11.8 Å². The smallest absolute Gasteiger partial charge is 0.307 e. The van der Waals surface area contributed by atoms with E-state index < -0.39 is 11.9 Å². The number of hydrogen-bond donors (Lipinski definition) is 3. The van der Waals surface area contributed by atoms with Gasteiger partial charge in [-0.25, -0.2) is 0 Å². The predicted molar refractivity (Wildman–Crippen MR) is 67.0 cm³/mol. The number of hydrogen-bond acceptors (Lipinski definition) is 3. The van der Waals surface area contributed by atoms with Crippen LogP contribution in [0.5, 0.6) is 0 Å². The molecule has 3 atom stereocenters. The van der Waals surface area contributed by atoms with Gasteiger partial charge in [0.2, 0.25) is 5.91 Å². The molecule has 0 aromatic carbocycles. The van der Waals surface area contributed by atoms with E-state index in [9.17, 15) is 9.59 Å². The molecular formula is C13H23NO4. The minimum atomic E-state index is -0.861. The number of carboxylic acids is 1. The van der Waals surface area contributed by atoms with Gasteiger partial charge in [-0.15, -0.1) is 0 Å². The predicted octanol–water partition coefficient (Wildman–Crippen LogP) is 1.01. The first-order valence-corrected chi connectivity index (χ1v) is 6.67. The van der Waals surface area contributed by atoms with E-state index in [0.717, 1.165) is 19.3 Å². The molecule has 1 rings (SSSR count). The average molecular weight is 257 g/mol. The molecular weight excluding hydrogens is 234 g/mol. The fourth-order valence-corrected chi connectivity index (χ4v) is 2.61. The Morgan fingerprint density at radius 1 is 1.17 bits per heavy atom. The molecule has 1 saturated carbocycles. The Bertz CT molecular complexity index is 293. The SMILES string of the molecule is CC1C[C@H](C(=O)NCCCCCO)[C@H](C(=O)O)C1. The van der Waals surface area contributed by atoms with E-state index in [1.165, 1.54) is 0 Å². The van der Waals surface area contributed by atoms with Gasteiger partial charge in [-0.2, -0.15) is 0 Å². The van der Waals surface area contributed by atoms with Crippen LogP contribution in [0.3, 0.4) is 0 Å². The van der Waals surface area contributed by atoms with Crippen LogP contribution in [0.4, 0.5) is 0 Å². The number of unbranched alkanes of at least 4 members (excludes halogenated alkanes) is 2. The lowest BCUT2D eigenvalue weighted by molar-refractivity contribution is -0.146. The van der Waals surface area contributed by atoms with E-state index in [1.54, 1.807) is 0 Å². The normalized spacial score (nSPS) is 27.1. The summed E-state index contributed by atoms with van der Waals surface area (Å²) in [5.74, 6) is -1.60. The van der Waals surface area contributed by atoms with Gasteiger partial charge in [-0.3, -0.25) is 9.59 Å². The molecule has 1 amide bonds. The summed E-state index contributed by atoms with van der Waals surface area (Å²) in [7, 11) is 0. The highest BCUT2D eigenvalue weighted by Gasteiger charge is 2.40. The molecule has 5 heteroatoms. The van der Waals surface area contributed by atoms with Gasteiger partial charge in [0, 0.05) is 13.2 Å². The maximum atomic E-state index is 11.9. The summed E-state index contributed by atoms with van der Waals surface area (Å²) >= 11 is 0. The molecule has 0 saturated heterocycles. The van der Waals surface area contributed by atoms with Crippen molar-refractivity contribution in [2.45, 2.75) is 39.0 Å². The quantitative estimate of drug-likeness (QED) is 0.594. The molecule has 104 valence electrons. The number of aliphatic hydroxyl groups excluding tert-OH is 1. The standard InChI is InChI=1S/C13H23NO4/c1-9-7-10(11(8-9)13(17)18)12(16)14-5-3-2-4-6-15/h9-11,15H,2-8H2,1H3,(H,14,16)(H,17,18)/t9?,10-,11+/m0/s1. The van der Waals surface area contributed by atoms with E-state index in [-0.39, 0.29) is 18.4 Å². The molecule has 1 fully saturated rings. The average Bonchev–Trinajstić information content (AvgIpc) is 2.71. The van der Waals surface area contributed by atoms with Gasteiger partial charge in [-0.1, -0.05) is 6.92 Å². The van der Waals surface area contributed by atoms with Crippen LogP contribution >= 0.6 is 0 Å². The highest BCUT2D eigenvalue weighted by atomic mass is 16.4. The lowest BCUT2D eigenvalue weighted by Crippen LogP contribution is -2.35. The van der Waals surface area contributed by atoms with Gasteiger partial charge in [0.15, 0.2) is 0 Å². The molecule has 18 heavy (non-hydrogen) atoms. The van der Waals surface area contributed by atoms with Crippen molar-refractivity contribution in [2.75, 3.05) is 13.2 Å². The first-order valence-electron chi connectivity index (χ1n) is 6.67. The van der Waals surface area contributed by atoms with E-state index in [0.29, 0.717) is 25.3 Å². The van der Waals surface area contributed by atoms with Crippen molar-refractivity contribution in [3.63, 3.8) is 0 Å². The summed E-state index contributed by atoms with van der Waals surface area (Å²) in [5.41, 5.74) is 0. The number of rotatable bonds is 7. The molecule has 0 heterocycles. The van der Waals surface area contributed by atoms with Crippen LogP contribution in [-0.4, -0.2) is 35.2 Å². The Labute approximate surface area is 108 Å². The second kappa shape index (κ2) is 7.36. The van der Waals surface area contributed by atoms with Crippen LogP contribution in [0.25, 0.3) is 0 Å². The highest BCUT2D eigenvalue weighted by Crippen LogP contribution is 2.36. The summed E-state index contributed by atoms with van der Waals surface area (Å²) in [4.78, 5) is 23.0. The summed E-state index contributed by atoms with van der Waals surface area (Å²) in [6.45, 7) is 2.73. The maximum Gasteiger partial charge on any atom is 0.307 e. The van der Waals surface area contributed by atoms with Crippen molar-refractivity contribution in [1.82, 2.24) is 5.32 Å². The zero-order valence-electron chi connectivity index (χ0n) is 10.9. The molecule has 0 radical (unpaired) electrons. The van der Waals surface area contributed by atoms with Gasteiger partial charge in [0.1, 0.15) is 0 Å². The molecule has 0 aromatic heterocycles. The third kappa shape index (κ3) is 4.29. The van der Waals surface area contributed by atoms with Crippen LogP contribution < -0.4 is 5.32 Å². The third-order valence-corrected chi connectivity index (χ3v) is 3.59. The summed E-state index contributed by atoms with van der Waals surface area (Å²) in [6, 6.07) is 0. The fourth-order valence-electron chi connectivity index (χ4n) is 2.61. The Morgan fingerprint density at radius 3 is 2.44 bits per heavy atom.